The molecule has 3 N–H and O–H groups in total. The molecule has 20 heavy (non-hydrogen) atoms. The average molecular weight is 269 g/mol. The maximum absolute atomic E-state index is 7.85. The number of aromatic nitrogens is 1. The van der Waals surface area contributed by atoms with Gasteiger partial charge in [-0.1, -0.05) is 52.8 Å². The highest BCUT2D eigenvalue weighted by Gasteiger charge is 2.20. The second-order valence-electron chi connectivity index (χ2n) is 6.62. The van der Waals surface area contributed by atoms with Crippen molar-refractivity contribution in [2.75, 3.05) is 0 Å². The minimum Gasteiger partial charge on any atom is -0.384 e. The van der Waals surface area contributed by atoms with Gasteiger partial charge in [0.05, 0.1) is 5.52 Å². The molecule has 2 rings (SSSR count). The van der Waals surface area contributed by atoms with Crippen LogP contribution in [-0.2, 0) is 5.41 Å². The van der Waals surface area contributed by atoms with Crippen LogP contribution in [0.25, 0.3) is 10.9 Å². The Balaban J connectivity index is 2.90. The Kier molecular flexibility index (Phi) is 3.55. The molecule has 0 radical (unpaired) electrons. The fraction of sp³-hybridized carbons (Fsp3) is 0.412. The fourth-order valence-corrected chi connectivity index (χ4v) is 2.34. The first-order chi connectivity index (χ1) is 9.21. The number of para-hydroxylation sites is 1. The quantitative estimate of drug-likeness (QED) is 0.640. The van der Waals surface area contributed by atoms with E-state index in [9.17, 15) is 0 Å². The Hall–Kier alpha value is -1.90. The van der Waals surface area contributed by atoms with Gasteiger partial charge in [0, 0.05) is 22.1 Å². The highest BCUT2D eigenvalue weighted by molar-refractivity contribution is 6.07. The summed E-state index contributed by atoms with van der Waals surface area (Å²) in [5.74, 6) is 0.491. The number of nitrogens with two attached hydrogens (primary N) is 1. The first-order valence-corrected chi connectivity index (χ1v) is 7.00. The normalized spacial score (nSPS) is 12.1. The molecule has 0 spiro atoms. The van der Waals surface area contributed by atoms with Crippen molar-refractivity contribution in [2.24, 2.45) is 5.73 Å². The summed E-state index contributed by atoms with van der Waals surface area (Å²) in [5.41, 5.74) is 9.64. The number of fused-ring (bicyclic) bond motifs is 1. The number of hydrogen-bond donors (Lipinski definition) is 2. The van der Waals surface area contributed by atoms with Crippen LogP contribution < -0.4 is 5.73 Å². The summed E-state index contributed by atoms with van der Waals surface area (Å²) in [7, 11) is 0. The molecular formula is C17H23N3. The second kappa shape index (κ2) is 4.89. The number of nitrogen functional groups attached to an aromatic ring is 1. The molecule has 3 heteroatoms. The number of rotatable bonds is 2. The molecule has 0 aliphatic rings. The van der Waals surface area contributed by atoms with Gasteiger partial charge in [0.15, 0.2) is 0 Å². The van der Waals surface area contributed by atoms with Crippen LogP contribution >= 0.6 is 0 Å². The standard InChI is InChI=1S/C17H23N3/c1-10(2)11-7-6-8-12-13(16(18)19)9-14(17(3,4)5)20-15(11)12/h6-10H,1-5H3,(H3,18,19). The van der Waals surface area contributed by atoms with E-state index in [4.69, 9.17) is 16.1 Å². The van der Waals surface area contributed by atoms with Crippen molar-refractivity contribution in [1.82, 2.24) is 4.98 Å². The molecule has 0 atom stereocenters. The summed E-state index contributed by atoms with van der Waals surface area (Å²) in [6, 6.07) is 8.07. The lowest BCUT2D eigenvalue weighted by Gasteiger charge is -2.21. The number of benzene rings is 1. The molecule has 0 aliphatic carbocycles. The van der Waals surface area contributed by atoms with Crippen LogP contribution in [-0.4, -0.2) is 10.8 Å². The van der Waals surface area contributed by atoms with Crippen molar-refractivity contribution in [3.63, 3.8) is 0 Å². The van der Waals surface area contributed by atoms with Crippen LogP contribution in [0.4, 0.5) is 0 Å². The molecule has 0 amide bonds. The molecule has 0 saturated carbocycles. The third-order valence-electron chi connectivity index (χ3n) is 3.55. The monoisotopic (exact) mass is 269 g/mol. The molecule has 2 aromatic rings. The molecule has 0 fully saturated rings. The molecule has 0 unspecified atom stereocenters. The van der Waals surface area contributed by atoms with Gasteiger partial charge >= 0.3 is 0 Å². The molecule has 0 saturated heterocycles. The van der Waals surface area contributed by atoms with E-state index in [0.717, 1.165) is 22.2 Å². The van der Waals surface area contributed by atoms with Gasteiger partial charge < -0.3 is 5.73 Å². The Labute approximate surface area is 120 Å². The molecule has 1 aromatic heterocycles. The number of nitrogens with zero attached hydrogens (tertiary/aromatic N) is 1. The Morgan fingerprint density at radius 1 is 1.25 bits per heavy atom. The van der Waals surface area contributed by atoms with Crippen molar-refractivity contribution in [3.05, 3.63) is 41.1 Å². The summed E-state index contributed by atoms with van der Waals surface area (Å²) in [6.07, 6.45) is 0. The van der Waals surface area contributed by atoms with Crippen LogP contribution in [0.1, 0.15) is 57.4 Å². The van der Waals surface area contributed by atoms with Crippen LogP contribution in [0.3, 0.4) is 0 Å². The Morgan fingerprint density at radius 2 is 1.90 bits per heavy atom. The fourth-order valence-electron chi connectivity index (χ4n) is 2.34. The highest BCUT2D eigenvalue weighted by Crippen LogP contribution is 2.30. The summed E-state index contributed by atoms with van der Waals surface area (Å²) in [4.78, 5) is 4.86. The summed E-state index contributed by atoms with van der Waals surface area (Å²) in [5, 5.41) is 8.82. The Bertz CT molecular complexity index is 664. The van der Waals surface area contributed by atoms with Crippen molar-refractivity contribution < 1.29 is 0 Å². The van der Waals surface area contributed by atoms with Gasteiger partial charge in [0.2, 0.25) is 0 Å². The van der Waals surface area contributed by atoms with Crippen LogP contribution in [0.2, 0.25) is 0 Å². The predicted octanol–water partition coefficient (Wildman–Crippen LogP) is 3.94. The van der Waals surface area contributed by atoms with Gasteiger partial charge in [-0.15, -0.1) is 0 Å². The molecule has 0 aliphatic heterocycles. The van der Waals surface area contributed by atoms with E-state index in [1.54, 1.807) is 0 Å². The van der Waals surface area contributed by atoms with Crippen LogP contribution in [0, 0.1) is 5.41 Å². The zero-order valence-electron chi connectivity index (χ0n) is 12.9. The molecule has 0 bridgehead atoms. The van der Waals surface area contributed by atoms with Gasteiger partial charge in [-0.25, -0.2) is 0 Å². The number of hydrogen-bond acceptors (Lipinski definition) is 2. The van der Waals surface area contributed by atoms with Crippen molar-refractivity contribution in [3.8, 4) is 0 Å². The van der Waals surface area contributed by atoms with Gasteiger partial charge in [-0.3, -0.25) is 10.4 Å². The smallest absolute Gasteiger partial charge is 0.123 e. The van der Waals surface area contributed by atoms with E-state index in [1.807, 2.05) is 18.2 Å². The molecule has 1 aromatic carbocycles. The van der Waals surface area contributed by atoms with Gasteiger partial charge in [0.1, 0.15) is 5.84 Å². The Morgan fingerprint density at radius 3 is 2.40 bits per heavy atom. The largest absolute Gasteiger partial charge is 0.384 e. The van der Waals surface area contributed by atoms with E-state index < -0.39 is 0 Å². The predicted molar refractivity (Wildman–Crippen MR) is 85.5 cm³/mol. The van der Waals surface area contributed by atoms with Gasteiger partial charge in [0.25, 0.3) is 0 Å². The lowest BCUT2D eigenvalue weighted by molar-refractivity contribution is 0.571. The first-order valence-electron chi connectivity index (χ1n) is 7.00. The van der Waals surface area contributed by atoms with Crippen molar-refractivity contribution >= 4 is 16.7 Å². The van der Waals surface area contributed by atoms with E-state index in [0.29, 0.717) is 5.92 Å². The lowest BCUT2D eigenvalue weighted by Crippen LogP contribution is -2.18. The van der Waals surface area contributed by atoms with E-state index >= 15 is 0 Å². The summed E-state index contributed by atoms with van der Waals surface area (Å²) < 4.78 is 0. The average Bonchev–Trinajstić information content (AvgIpc) is 2.35. The maximum atomic E-state index is 7.85. The van der Waals surface area contributed by atoms with Gasteiger partial charge in [-0.05, 0) is 17.5 Å². The van der Waals surface area contributed by atoms with Crippen molar-refractivity contribution in [1.29, 1.82) is 5.41 Å². The topological polar surface area (TPSA) is 62.8 Å². The summed E-state index contributed by atoms with van der Waals surface area (Å²) >= 11 is 0. The van der Waals surface area contributed by atoms with E-state index in [-0.39, 0.29) is 11.3 Å². The number of pyridine rings is 1. The van der Waals surface area contributed by atoms with Crippen LogP contribution in [0.5, 0.6) is 0 Å². The minimum absolute atomic E-state index is 0.0670. The molecule has 3 nitrogen and oxygen atoms in total. The van der Waals surface area contributed by atoms with E-state index in [2.05, 4.69) is 40.7 Å². The third-order valence-corrected chi connectivity index (χ3v) is 3.55. The third kappa shape index (κ3) is 2.53. The zero-order valence-corrected chi connectivity index (χ0v) is 12.9. The molecular weight excluding hydrogens is 246 g/mol. The summed E-state index contributed by atoms with van der Waals surface area (Å²) in [6.45, 7) is 10.7. The molecule has 106 valence electrons. The van der Waals surface area contributed by atoms with Crippen LogP contribution in [0.15, 0.2) is 24.3 Å². The first kappa shape index (κ1) is 14.5. The highest BCUT2D eigenvalue weighted by atomic mass is 14.8. The SMILES string of the molecule is CC(C)c1cccc2c(C(=N)N)cc(C(C)(C)C)nc12. The maximum Gasteiger partial charge on any atom is 0.123 e. The number of amidine groups is 1. The van der Waals surface area contributed by atoms with Gasteiger partial charge in [-0.2, -0.15) is 0 Å². The minimum atomic E-state index is -0.0670. The molecule has 1 heterocycles. The second-order valence-corrected chi connectivity index (χ2v) is 6.62. The van der Waals surface area contributed by atoms with E-state index in [1.165, 1.54) is 5.56 Å². The van der Waals surface area contributed by atoms with Crippen molar-refractivity contribution in [2.45, 2.75) is 46.0 Å². The number of nitrogens with one attached hydrogen (secondary N) is 1. The zero-order chi connectivity index (χ0) is 15.1. The lowest BCUT2D eigenvalue weighted by atomic mass is 9.88.